The van der Waals surface area contributed by atoms with E-state index in [1.165, 1.54) is 0 Å². The molecule has 0 aromatic carbocycles. The molecule has 0 aromatic rings. The molecule has 1 aliphatic carbocycles. The standard InChI is InChI=1S/C9H11NO/c11-9-8-4-2-1-3-7(8)5-6-10-9/h1-4,7-8H,5-6H2,(H,10,11)/t7-,8+/m0/s1. The van der Waals surface area contributed by atoms with Gasteiger partial charge in [0, 0.05) is 6.54 Å². The molecule has 2 rings (SSSR count). The molecule has 0 radical (unpaired) electrons. The SMILES string of the molecule is O=C1NCC[C@@H]2C=CC=C[C@@H]12. The van der Waals surface area contributed by atoms with Gasteiger partial charge in [-0.15, -0.1) is 0 Å². The van der Waals surface area contributed by atoms with Gasteiger partial charge < -0.3 is 5.32 Å². The van der Waals surface area contributed by atoms with E-state index in [1.807, 2.05) is 18.2 Å². The summed E-state index contributed by atoms with van der Waals surface area (Å²) in [6, 6.07) is 0. The van der Waals surface area contributed by atoms with Gasteiger partial charge in [-0.05, 0) is 12.3 Å². The predicted octanol–water partition coefficient (Wildman–Crippen LogP) is 0.865. The molecule has 2 atom stereocenters. The average molecular weight is 149 g/mol. The first-order chi connectivity index (χ1) is 5.38. The highest BCUT2D eigenvalue weighted by Crippen LogP contribution is 2.25. The fourth-order valence-corrected chi connectivity index (χ4v) is 1.69. The molecule has 1 amide bonds. The topological polar surface area (TPSA) is 29.1 Å². The van der Waals surface area contributed by atoms with Crippen LogP contribution >= 0.6 is 0 Å². The number of fused-ring (bicyclic) bond motifs is 1. The molecule has 1 N–H and O–H groups in total. The van der Waals surface area contributed by atoms with E-state index in [9.17, 15) is 4.79 Å². The average Bonchev–Trinajstić information content (AvgIpc) is 2.06. The maximum atomic E-state index is 11.2. The summed E-state index contributed by atoms with van der Waals surface area (Å²) in [6.45, 7) is 0.832. The maximum Gasteiger partial charge on any atom is 0.227 e. The molecule has 1 saturated heterocycles. The van der Waals surface area contributed by atoms with Crippen molar-refractivity contribution in [3.05, 3.63) is 24.3 Å². The third-order valence-electron chi connectivity index (χ3n) is 2.33. The molecule has 2 aliphatic rings. The van der Waals surface area contributed by atoms with Crippen molar-refractivity contribution in [2.75, 3.05) is 6.54 Å². The largest absolute Gasteiger partial charge is 0.356 e. The summed E-state index contributed by atoms with van der Waals surface area (Å²) >= 11 is 0. The molecule has 0 bridgehead atoms. The molecule has 0 saturated carbocycles. The highest BCUT2D eigenvalue weighted by molar-refractivity contribution is 5.82. The zero-order chi connectivity index (χ0) is 7.68. The summed E-state index contributed by atoms with van der Waals surface area (Å²) < 4.78 is 0. The predicted molar refractivity (Wildman–Crippen MR) is 42.9 cm³/mol. The monoisotopic (exact) mass is 149 g/mol. The van der Waals surface area contributed by atoms with Gasteiger partial charge in [0.25, 0.3) is 0 Å². The van der Waals surface area contributed by atoms with Crippen molar-refractivity contribution in [3.8, 4) is 0 Å². The Hall–Kier alpha value is -1.05. The Morgan fingerprint density at radius 3 is 3.00 bits per heavy atom. The summed E-state index contributed by atoms with van der Waals surface area (Å²) in [5, 5.41) is 2.86. The summed E-state index contributed by atoms with van der Waals surface area (Å²) in [5.41, 5.74) is 0. The first-order valence-corrected chi connectivity index (χ1v) is 4.00. The van der Waals surface area contributed by atoms with Gasteiger partial charge in [-0.3, -0.25) is 4.79 Å². The van der Waals surface area contributed by atoms with Crippen LogP contribution in [0.5, 0.6) is 0 Å². The van der Waals surface area contributed by atoms with Crippen molar-refractivity contribution >= 4 is 5.91 Å². The molecule has 1 heterocycles. The zero-order valence-electron chi connectivity index (χ0n) is 6.29. The van der Waals surface area contributed by atoms with Crippen LogP contribution in [0.25, 0.3) is 0 Å². The summed E-state index contributed by atoms with van der Waals surface area (Å²) in [7, 11) is 0. The first kappa shape index (κ1) is 6.65. The van der Waals surface area contributed by atoms with Crippen molar-refractivity contribution in [3.63, 3.8) is 0 Å². The molecule has 1 aliphatic heterocycles. The van der Waals surface area contributed by atoms with Crippen LogP contribution in [0, 0.1) is 11.8 Å². The van der Waals surface area contributed by atoms with Gasteiger partial charge in [-0.2, -0.15) is 0 Å². The summed E-state index contributed by atoms with van der Waals surface area (Å²) in [5.74, 6) is 0.740. The lowest BCUT2D eigenvalue weighted by molar-refractivity contribution is -0.126. The van der Waals surface area contributed by atoms with Crippen LogP contribution in [0.15, 0.2) is 24.3 Å². The van der Waals surface area contributed by atoms with Crippen LogP contribution in [0.3, 0.4) is 0 Å². The van der Waals surface area contributed by atoms with Gasteiger partial charge in [-0.25, -0.2) is 0 Å². The van der Waals surface area contributed by atoms with Crippen molar-refractivity contribution in [2.45, 2.75) is 6.42 Å². The van der Waals surface area contributed by atoms with Crippen LogP contribution in [0.4, 0.5) is 0 Å². The first-order valence-electron chi connectivity index (χ1n) is 4.00. The second-order valence-electron chi connectivity index (χ2n) is 3.04. The highest BCUT2D eigenvalue weighted by Gasteiger charge is 2.28. The fourth-order valence-electron chi connectivity index (χ4n) is 1.69. The summed E-state index contributed by atoms with van der Waals surface area (Å²) in [4.78, 5) is 11.2. The number of allylic oxidation sites excluding steroid dienone is 3. The van der Waals surface area contributed by atoms with Gasteiger partial charge in [0.1, 0.15) is 0 Å². The molecule has 0 unspecified atom stereocenters. The number of rotatable bonds is 0. The molecule has 58 valence electrons. The Kier molecular flexibility index (Phi) is 1.53. The van der Waals surface area contributed by atoms with Crippen LogP contribution < -0.4 is 5.32 Å². The number of piperidine rings is 1. The van der Waals surface area contributed by atoms with Crippen molar-refractivity contribution in [1.29, 1.82) is 0 Å². The van der Waals surface area contributed by atoms with Crippen molar-refractivity contribution in [2.24, 2.45) is 11.8 Å². The number of hydrogen-bond donors (Lipinski definition) is 1. The Morgan fingerprint density at radius 1 is 1.36 bits per heavy atom. The van der Waals surface area contributed by atoms with Crippen LogP contribution in [-0.4, -0.2) is 12.5 Å². The number of carbonyl (C=O) groups is 1. The Morgan fingerprint density at radius 2 is 2.18 bits per heavy atom. The second kappa shape index (κ2) is 2.53. The summed E-state index contributed by atoms with van der Waals surface area (Å²) in [6.07, 6.45) is 9.17. The van der Waals surface area contributed by atoms with Crippen LogP contribution in [0.1, 0.15) is 6.42 Å². The van der Waals surface area contributed by atoms with Crippen molar-refractivity contribution in [1.82, 2.24) is 5.32 Å². The van der Waals surface area contributed by atoms with Gasteiger partial charge in [0.05, 0.1) is 5.92 Å². The molecule has 0 spiro atoms. The zero-order valence-corrected chi connectivity index (χ0v) is 6.29. The van der Waals surface area contributed by atoms with E-state index in [2.05, 4.69) is 11.4 Å². The molecule has 1 fully saturated rings. The number of amides is 1. The van der Waals surface area contributed by atoms with E-state index in [0.29, 0.717) is 5.92 Å². The molecule has 2 heteroatoms. The second-order valence-corrected chi connectivity index (χ2v) is 3.04. The fraction of sp³-hybridized carbons (Fsp3) is 0.444. The lowest BCUT2D eigenvalue weighted by Gasteiger charge is -2.28. The Bertz CT molecular complexity index is 230. The van der Waals surface area contributed by atoms with Gasteiger partial charge in [0.15, 0.2) is 0 Å². The molecule has 11 heavy (non-hydrogen) atoms. The number of nitrogens with one attached hydrogen (secondary N) is 1. The molecule has 2 nitrogen and oxygen atoms in total. The van der Waals surface area contributed by atoms with E-state index < -0.39 is 0 Å². The van der Waals surface area contributed by atoms with Crippen molar-refractivity contribution < 1.29 is 4.79 Å². The van der Waals surface area contributed by atoms with E-state index >= 15 is 0 Å². The van der Waals surface area contributed by atoms with Gasteiger partial charge in [0.2, 0.25) is 5.91 Å². The highest BCUT2D eigenvalue weighted by atomic mass is 16.1. The minimum Gasteiger partial charge on any atom is -0.356 e. The maximum absolute atomic E-state index is 11.2. The van der Waals surface area contributed by atoms with E-state index in [0.717, 1.165) is 13.0 Å². The molecule has 0 aromatic heterocycles. The van der Waals surface area contributed by atoms with Gasteiger partial charge >= 0.3 is 0 Å². The Balaban J connectivity index is 2.20. The third kappa shape index (κ3) is 1.09. The van der Waals surface area contributed by atoms with Crippen LogP contribution in [0.2, 0.25) is 0 Å². The molecular formula is C9H11NO. The molecular weight excluding hydrogens is 138 g/mol. The quantitative estimate of drug-likeness (QED) is 0.544. The van der Waals surface area contributed by atoms with E-state index in [4.69, 9.17) is 0 Å². The van der Waals surface area contributed by atoms with E-state index in [-0.39, 0.29) is 11.8 Å². The van der Waals surface area contributed by atoms with E-state index in [1.54, 1.807) is 0 Å². The smallest absolute Gasteiger partial charge is 0.227 e. The normalized spacial score (nSPS) is 34.7. The van der Waals surface area contributed by atoms with Crippen LogP contribution in [-0.2, 0) is 4.79 Å². The third-order valence-corrected chi connectivity index (χ3v) is 2.33. The lowest BCUT2D eigenvalue weighted by atomic mass is 9.83. The lowest BCUT2D eigenvalue weighted by Crippen LogP contribution is -2.41. The number of carbonyl (C=O) groups excluding carboxylic acids is 1. The minimum atomic E-state index is 0.105. The number of hydrogen-bond acceptors (Lipinski definition) is 1. The minimum absolute atomic E-state index is 0.105. The van der Waals surface area contributed by atoms with Gasteiger partial charge in [-0.1, -0.05) is 24.3 Å². The Labute approximate surface area is 66.0 Å².